The number of fused-ring (bicyclic) bond motifs is 7. The van der Waals surface area contributed by atoms with Gasteiger partial charge in [-0.1, -0.05) is 100 Å². The number of anilines is 8. The van der Waals surface area contributed by atoms with Crippen LogP contribution in [0.15, 0.2) is 190 Å². The summed E-state index contributed by atoms with van der Waals surface area (Å²) in [7, 11) is 0. The molecular weight excluding hydrogens is 1580 g/mol. The number of nitrogens with zero attached hydrogens (tertiary/aromatic N) is 15. The molecule has 0 spiro atoms. The Labute approximate surface area is 647 Å². The molecule has 1 aliphatic heterocycles. The van der Waals surface area contributed by atoms with Gasteiger partial charge in [0.25, 0.3) is 0 Å². The van der Waals surface area contributed by atoms with Gasteiger partial charge in [-0.3, -0.25) is 20.4 Å². The first-order valence-electron chi connectivity index (χ1n) is 34.7. The molecule has 1 aliphatic rings. The monoisotopic (exact) mass is 1630 g/mol. The first-order valence-corrected chi connectivity index (χ1v) is 34.7. The minimum atomic E-state index is -4.63. The predicted molar refractivity (Wildman–Crippen MR) is 396 cm³/mol. The summed E-state index contributed by atoms with van der Waals surface area (Å²) >= 11 is 0. The molecule has 0 amide bonds. The summed E-state index contributed by atoms with van der Waals surface area (Å²) in [6, 6.07) is 35.2. The van der Waals surface area contributed by atoms with Crippen LogP contribution < -0.4 is 26.0 Å². The molecular formula is C76H48F15N23O4. The fraction of sp³-hybridized carbons (Fsp3) is 0.118. The lowest BCUT2D eigenvalue weighted by molar-refractivity contribution is -0.137. The molecule has 11 aromatic heterocycles. The van der Waals surface area contributed by atoms with Gasteiger partial charge in [0.2, 0.25) is 16.7 Å². The molecule has 19 rings (SSSR count). The van der Waals surface area contributed by atoms with E-state index >= 15 is 0 Å². The van der Waals surface area contributed by atoms with Crippen molar-refractivity contribution in [2.24, 2.45) is 0 Å². The molecule has 0 atom stereocenters. The first kappa shape index (κ1) is 76.8. The van der Waals surface area contributed by atoms with Crippen LogP contribution in [0, 0.1) is 24.4 Å². The second kappa shape index (κ2) is 31.0. The highest BCUT2D eigenvalue weighted by molar-refractivity contribution is 5.97. The van der Waals surface area contributed by atoms with Gasteiger partial charge in [0.05, 0.1) is 69.6 Å². The summed E-state index contributed by atoms with van der Waals surface area (Å²) in [6.45, 7) is 2.24. The molecule has 7 aromatic carbocycles. The first-order chi connectivity index (χ1) is 56.6. The van der Waals surface area contributed by atoms with E-state index in [-0.39, 0.29) is 125 Å². The van der Waals surface area contributed by atoms with Gasteiger partial charge in [-0.25, -0.2) is 53.0 Å². The van der Waals surface area contributed by atoms with Crippen LogP contribution in [0.3, 0.4) is 0 Å². The smallest absolute Gasteiger partial charge is 0.417 e. The number of hydrogen-bond donors (Lipinski definition) is 8. The third kappa shape index (κ3) is 16.0. The van der Waals surface area contributed by atoms with Crippen molar-refractivity contribution in [1.29, 1.82) is 0 Å². The molecule has 0 fully saturated rings. The van der Waals surface area contributed by atoms with Crippen LogP contribution in [0.5, 0.6) is 5.75 Å². The topological polar surface area (TPSA) is 353 Å². The third-order valence-electron chi connectivity index (χ3n) is 17.8. The molecule has 0 radical (unpaired) electrons. The summed E-state index contributed by atoms with van der Waals surface area (Å²) in [4.78, 5) is 33.9. The van der Waals surface area contributed by atoms with Gasteiger partial charge < -0.3 is 39.6 Å². The minimum Gasteiger partial charge on any atom is -0.488 e. The van der Waals surface area contributed by atoms with Crippen LogP contribution >= 0.6 is 0 Å². The van der Waals surface area contributed by atoms with E-state index < -0.39 is 64.4 Å². The molecule has 596 valence electrons. The van der Waals surface area contributed by atoms with Crippen molar-refractivity contribution < 1.29 is 84.2 Å². The number of halogens is 15. The Morgan fingerprint density at radius 2 is 0.780 bits per heavy atom. The number of para-hydroxylation sites is 1. The van der Waals surface area contributed by atoms with Crippen LogP contribution in [0.4, 0.5) is 112 Å². The number of hydrogen-bond acceptors (Lipinski definition) is 23. The molecule has 27 nitrogen and oxygen atoms in total. The fourth-order valence-corrected chi connectivity index (χ4v) is 12.5. The SMILES string of the molecule is Cc1cc(Nc2nc(-c3ccccc3C(F)(F)F)nc3cnoc23)n[nH]1.FC(F)(F)c1ccccc1-c1nc(Nc2n[nH]c3ccccc23)c2oncc2n1.Fc1cc(F)c2[nH]nc(Nc3nc(-c4ccccc4C(F)(F)F)nc4cnoc34)c2c1.Fc1ccc2[nH]nc(Nc3nc(-c4ccccc4C(F)(F)F)nc4c3OCCCC4)c2c1. The van der Waals surface area contributed by atoms with Crippen LogP contribution in [0.1, 0.15) is 46.5 Å². The maximum atomic E-state index is 13.9. The van der Waals surface area contributed by atoms with Gasteiger partial charge in [0.1, 0.15) is 33.7 Å². The lowest BCUT2D eigenvalue weighted by atomic mass is 10.1. The van der Waals surface area contributed by atoms with Gasteiger partial charge in [0.15, 0.2) is 81.4 Å². The summed E-state index contributed by atoms with van der Waals surface area (Å²) in [5.74, 6) is -0.688. The Morgan fingerprint density at radius 1 is 0.364 bits per heavy atom. The van der Waals surface area contributed by atoms with E-state index in [1.54, 1.807) is 12.1 Å². The Kier molecular flexibility index (Phi) is 20.2. The lowest BCUT2D eigenvalue weighted by Gasteiger charge is -2.16. The second-order valence-corrected chi connectivity index (χ2v) is 25.7. The van der Waals surface area contributed by atoms with Crippen molar-refractivity contribution >= 4 is 113 Å². The number of aromatic nitrogens is 19. The van der Waals surface area contributed by atoms with Crippen molar-refractivity contribution in [3.05, 3.63) is 227 Å². The summed E-state index contributed by atoms with van der Waals surface area (Å²) in [5.41, 5.74) is -0.282. The van der Waals surface area contributed by atoms with E-state index in [9.17, 15) is 65.9 Å². The molecule has 42 heteroatoms. The highest BCUT2D eigenvalue weighted by Gasteiger charge is 2.39. The fourth-order valence-electron chi connectivity index (χ4n) is 12.5. The molecule has 0 bridgehead atoms. The number of nitrogens with one attached hydrogen (secondary N) is 8. The van der Waals surface area contributed by atoms with E-state index in [2.05, 4.69) is 117 Å². The zero-order valence-corrected chi connectivity index (χ0v) is 59.6. The average molecular weight is 1630 g/mol. The summed E-state index contributed by atoms with van der Waals surface area (Å²) < 4.78 is 224. The quantitative estimate of drug-likeness (QED) is 0.0527. The molecule has 0 saturated heterocycles. The van der Waals surface area contributed by atoms with Gasteiger partial charge in [-0.15, -0.1) is 0 Å². The standard InChI is InChI=1S/C22H17F4N5O.C19H9F5N6O.C19H11F3N6O.C16H11F3N6O/c23-12-8-9-16-14(11-12)20(31-30-16)29-21-18-17(7-3-4-10-32-18)27-19(28-21)13-5-1-2-6-15(13)22(24,25)26;20-8-5-10-14(12(21)6-8)29-30-17(10)28-18-15-13(7-25-31-15)26-16(27-18)9-3-1-2-4-11(9)19(22,23)24;20-19(21,22)12-7-3-1-5-10(12)16-24-14-9-23-29-15(14)18(25-16)26-17-11-6-2-4-8-13(11)27-28-17;1-8-6-12(25-24-8)22-15-13-11(7-20-26-13)21-14(23-15)9-4-2-3-5-10(9)16(17,18)19/h1-2,5-6,8-9,11H,3-4,7,10H2,(H2,27,28,29,30,31);1-7H,(H2,26,27,28,29,30);1-9H,(H2,24,25,26,27,28);2-7H,1H3,(H2,21,22,23,24,25). The number of aryl methyl sites for hydroxylation is 2. The molecule has 0 aliphatic carbocycles. The van der Waals surface area contributed by atoms with E-state index in [0.717, 1.165) is 59.8 Å². The van der Waals surface area contributed by atoms with E-state index in [1.165, 1.54) is 104 Å². The van der Waals surface area contributed by atoms with E-state index in [4.69, 9.17) is 18.3 Å². The van der Waals surface area contributed by atoms with Crippen LogP contribution in [-0.4, -0.2) is 103 Å². The second-order valence-electron chi connectivity index (χ2n) is 25.7. The van der Waals surface area contributed by atoms with Crippen molar-refractivity contribution in [3.63, 3.8) is 0 Å². The molecule has 12 heterocycles. The molecule has 118 heavy (non-hydrogen) atoms. The Morgan fingerprint density at radius 3 is 1.27 bits per heavy atom. The van der Waals surface area contributed by atoms with Gasteiger partial charge in [0, 0.05) is 50.9 Å². The van der Waals surface area contributed by atoms with Crippen LogP contribution in [0.25, 0.3) is 112 Å². The van der Waals surface area contributed by atoms with Crippen molar-refractivity contribution in [2.45, 2.75) is 50.9 Å². The predicted octanol–water partition coefficient (Wildman–Crippen LogP) is 19.8. The van der Waals surface area contributed by atoms with E-state index in [0.29, 0.717) is 53.1 Å². The lowest BCUT2D eigenvalue weighted by Crippen LogP contribution is -2.10. The van der Waals surface area contributed by atoms with Crippen molar-refractivity contribution in [3.8, 4) is 51.3 Å². The highest BCUT2D eigenvalue weighted by Crippen LogP contribution is 2.44. The van der Waals surface area contributed by atoms with Gasteiger partial charge in [-0.05, 0) is 86.8 Å². The van der Waals surface area contributed by atoms with Gasteiger partial charge >= 0.3 is 24.7 Å². The zero-order valence-electron chi connectivity index (χ0n) is 59.6. The number of rotatable bonds is 12. The molecule has 0 unspecified atom stereocenters. The molecule has 8 N–H and O–H groups in total. The maximum absolute atomic E-state index is 13.9. The number of H-pyrrole nitrogens is 4. The van der Waals surface area contributed by atoms with Crippen LogP contribution in [-0.2, 0) is 31.1 Å². The van der Waals surface area contributed by atoms with Crippen molar-refractivity contribution in [2.75, 3.05) is 27.9 Å². The Hall–Kier alpha value is -15.2. The largest absolute Gasteiger partial charge is 0.488 e. The number of ether oxygens (including phenoxy) is 1. The summed E-state index contributed by atoms with van der Waals surface area (Å²) in [5, 5.41) is 51.1. The number of aromatic amines is 4. The number of benzene rings is 7. The Bertz CT molecular complexity index is 6770. The third-order valence-corrected chi connectivity index (χ3v) is 17.8. The zero-order chi connectivity index (χ0) is 82.4. The number of alkyl halides is 12. The normalized spacial score (nSPS) is 12.5. The van der Waals surface area contributed by atoms with Crippen molar-refractivity contribution in [1.82, 2.24) is 96.1 Å². The highest BCUT2D eigenvalue weighted by atomic mass is 19.4. The summed E-state index contributed by atoms with van der Waals surface area (Å²) in [6.07, 6.45) is -12.3. The average Bonchev–Trinajstić information content (AvgIpc) is 1.35. The molecule has 18 aromatic rings. The maximum Gasteiger partial charge on any atom is 0.417 e. The Balaban J connectivity index is 0.000000118. The van der Waals surface area contributed by atoms with Crippen LogP contribution in [0.2, 0.25) is 0 Å². The molecule has 0 saturated carbocycles. The van der Waals surface area contributed by atoms with Gasteiger partial charge in [-0.2, -0.15) is 73.1 Å². The minimum absolute atomic E-state index is 0.0140. The van der Waals surface area contributed by atoms with E-state index in [1.807, 2.05) is 31.2 Å².